The molecule has 7 nitrogen and oxygen atoms in total. The van der Waals surface area contributed by atoms with E-state index < -0.39 is 20.8 Å². The Labute approximate surface area is 111 Å². The molecule has 0 aliphatic heterocycles. The number of carboxylic acids is 1. The normalized spacial score (nSPS) is 11.1. The van der Waals surface area contributed by atoms with Crippen molar-refractivity contribution in [1.82, 2.24) is 4.98 Å². The van der Waals surface area contributed by atoms with Gasteiger partial charge in [0.1, 0.15) is 0 Å². The summed E-state index contributed by atoms with van der Waals surface area (Å²) in [6.45, 7) is 0. The van der Waals surface area contributed by atoms with Crippen molar-refractivity contribution in [2.45, 2.75) is 0 Å². The first-order valence-electron chi connectivity index (χ1n) is 5.29. The Morgan fingerprint density at radius 1 is 1.11 bits per heavy atom. The van der Waals surface area contributed by atoms with Crippen LogP contribution in [0.2, 0.25) is 0 Å². The van der Waals surface area contributed by atoms with Crippen LogP contribution in [0.1, 0.15) is 20.7 Å². The summed E-state index contributed by atoms with van der Waals surface area (Å²) in [5.41, 5.74) is 0.204. The van der Waals surface area contributed by atoms with E-state index in [0.29, 0.717) is 0 Å². The van der Waals surface area contributed by atoms with Crippen LogP contribution in [-0.4, -0.2) is 47.3 Å². The van der Waals surface area contributed by atoms with Gasteiger partial charge in [0.05, 0.1) is 5.56 Å². The molecule has 0 saturated heterocycles. The molecule has 0 aliphatic rings. The SMILES string of the molecule is CO[Si](NC(=O)c1cccc(C(=O)O)c1)(OC)OC. The third-order valence-electron chi connectivity index (χ3n) is 2.44. The third kappa shape index (κ3) is 3.61. The lowest BCUT2D eigenvalue weighted by Gasteiger charge is -2.24. The summed E-state index contributed by atoms with van der Waals surface area (Å²) in [4.78, 5) is 25.3. The monoisotopic (exact) mass is 285 g/mol. The highest BCUT2D eigenvalue weighted by Crippen LogP contribution is 2.08. The van der Waals surface area contributed by atoms with Crippen LogP contribution < -0.4 is 4.98 Å². The zero-order valence-electron chi connectivity index (χ0n) is 10.8. The van der Waals surface area contributed by atoms with E-state index in [1.54, 1.807) is 0 Å². The van der Waals surface area contributed by atoms with E-state index in [-0.39, 0.29) is 11.1 Å². The molecule has 1 aromatic carbocycles. The van der Waals surface area contributed by atoms with Gasteiger partial charge in [-0.15, -0.1) is 0 Å². The van der Waals surface area contributed by atoms with Crippen molar-refractivity contribution >= 4 is 20.8 Å². The summed E-state index contributed by atoms with van der Waals surface area (Å²) >= 11 is 0. The minimum absolute atomic E-state index is 0.0205. The van der Waals surface area contributed by atoms with Crippen molar-refractivity contribution in [2.75, 3.05) is 21.3 Å². The van der Waals surface area contributed by atoms with Gasteiger partial charge in [0.25, 0.3) is 0 Å². The summed E-state index contributed by atoms with van der Waals surface area (Å²) < 4.78 is 15.2. The highest BCUT2D eigenvalue weighted by atomic mass is 28.4. The number of nitrogens with one attached hydrogen (secondary N) is 1. The zero-order valence-corrected chi connectivity index (χ0v) is 11.8. The van der Waals surface area contributed by atoms with Gasteiger partial charge < -0.3 is 23.4 Å². The largest absolute Gasteiger partial charge is 0.632 e. The number of carboxylic acid groups (broad SMARTS) is 1. The Kier molecular flexibility index (Phi) is 5.18. The van der Waals surface area contributed by atoms with E-state index in [4.69, 9.17) is 18.4 Å². The van der Waals surface area contributed by atoms with Crippen LogP contribution in [0.4, 0.5) is 0 Å². The first-order chi connectivity index (χ1) is 8.98. The van der Waals surface area contributed by atoms with Crippen LogP contribution >= 0.6 is 0 Å². The summed E-state index contributed by atoms with van der Waals surface area (Å²) in [5, 5.41) is 8.87. The molecule has 0 heterocycles. The fourth-order valence-electron chi connectivity index (χ4n) is 1.41. The number of rotatable bonds is 6. The average molecular weight is 285 g/mol. The number of amides is 1. The van der Waals surface area contributed by atoms with Crippen LogP contribution in [-0.2, 0) is 13.3 Å². The van der Waals surface area contributed by atoms with E-state index in [0.717, 1.165) is 0 Å². The third-order valence-corrected chi connectivity index (χ3v) is 4.59. The van der Waals surface area contributed by atoms with E-state index in [1.165, 1.54) is 45.6 Å². The first-order valence-corrected chi connectivity index (χ1v) is 7.02. The molecule has 1 aromatic rings. The Bertz CT molecular complexity index is 466. The molecule has 0 aliphatic carbocycles. The average Bonchev–Trinajstić information content (AvgIpc) is 2.45. The molecule has 0 radical (unpaired) electrons. The van der Waals surface area contributed by atoms with Crippen molar-refractivity contribution in [2.24, 2.45) is 0 Å². The van der Waals surface area contributed by atoms with Gasteiger partial charge >= 0.3 is 14.9 Å². The molecule has 1 amide bonds. The minimum atomic E-state index is -3.25. The molecule has 104 valence electrons. The van der Waals surface area contributed by atoms with Gasteiger partial charge in [-0.05, 0) is 18.2 Å². The van der Waals surface area contributed by atoms with Gasteiger partial charge in [0.15, 0.2) is 0 Å². The molecule has 1 rings (SSSR count). The summed E-state index contributed by atoms with van der Waals surface area (Å²) in [7, 11) is 0.808. The Morgan fingerprint density at radius 3 is 2.11 bits per heavy atom. The van der Waals surface area contributed by atoms with E-state index in [9.17, 15) is 9.59 Å². The van der Waals surface area contributed by atoms with Crippen LogP contribution in [0.15, 0.2) is 24.3 Å². The molecular formula is C11H15NO6Si. The predicted octanol–water partition coefficient (Wildman–Crippen LogP) is 0.489. The maximum atomic E-state index is 12.0. The van der Waals surface area contributed by atoms with Crippen LogP contribution in [0.25, 0.3) is 0 Å². The van der Waals surface area contributed by atoms with Crippen LogP contribution in [0.5, 0.6) is 0 Å². The van der Waals surface area contributed by atoms with Gasteiger partial charge in [0, 0.05) is 26.9 Å². The molecule has 0 aromatic heterocycles. The molecule has 0 atom stereocenters. The summed E-state index contributed by atoms with van der Waals surface area (Å²) in [5.74, 6) is -1.64. The van der Waals surface area contributed by atoms with Gasteiger partial charge in [-0.2, -0.15) is 0 Å². The van der Waals surface area contributed by atoms with E-state index in [2.05, 4.69) is 4.98 Å². The highest BCUT2D eigenvalue weighted by molar-refractivity contribution is 6.61. The molecule has 8 heteroatoms. The second-order valence-corrected chi connectivity index (χ2v) is 6.10. The Hall–Kier alpha value is -1.74. The number of hydrogen-bond acceptors (Lipinski definition) is 5. The molecule has 0 unspecified atom stereocenters. The van der Waals surface area contributed by atoms with Gasteiger partial charge in [-0.3, -0.25) is 4.79 Å². The lowest BCUT2D eigenvalue weighted by Crippen LogP contribution is -2.59. The van der Waals surface area contributed by atoms with Crippen molar-refractivity contribution in [3.63, 3.8) is 0 Å². The molecule has 2 N–H and O–H groups in total. The smallest absolute Gasteiger partial charge is 0.478 e. The zero-order chi connectivity index (χ0) is 14.5. The predicted molar refractivity (Wildman–Crippen MR) is 67.6 cm³/mol. The fraction of sp³-hybridized carbons (Fsp3) is 0.273. The van der Waals surface area contributed by atoms with Crippen LogP contribution in [0, 0.1) is 0 Å². The Balaban J connectivity index is 2.94. The maximum absolute atomic E-state index is 12.0. The second-order valence-electron chi connectivity index (χ2n) is 3.51. The minimum Gasteiger partial charge on any atom is -0.478 e. The van der Waals surface area contributed by atoms with Gasteiger partial charge in [-0.25, -0.2) is 4.79 Å². The number of benzene rings is 1. The lowest BCUT2D eigenvalue weighted by atomic mass is 10.1. The highest BCUT2D eigenvalue weighted by Gasteiger charge is 2.42. The molecule has 0 saturated carbocycles. The molecular weight excluding hydrogens is 270 g/mol. The van der Waals surface area contributed by atoms with Crippen molar-refractivity contribution in [3.05, 3.63) is 35.4 Å². The van der Waals surface area contributed by atoms with Gasteiger partial charge in [-0.1, -0.05) is 6.07 Å². The van der Waals surface area contributed by atoms with E-state index in [1.807, 2.05) is 0 Å². The number of carbonyl (C=O) groups is 2. The molecule has 19 heavy (non-hydrogen) atoms. The topological polar surface area (TPSA) is 94.1 Å². The number of hydrogen-bond donors (Lipinski definition) is 2. The summed E-state index contributed by atoms with van der Waals surface area (Å²) in [6.07, 6.45) is 0. The fourth-order valence-corrected chi connectivity index (χ4v) is 2.64. The number of aromatic carboxylic acids is 1. The van der Waals surface area contributed by atoms with Crippen molar-refractivity contribution < 1.29 is 28.0 Å². The molecule has 0 fully saturated rings. The second kappa shape index (κ2) is 6.43. The van der Waals surface area contributed by atoms with E-state index >= 15 is 0 Å². The summed E-state index contributed by atoms with van der Waals surface area (Å²) in [6, 6.07) is 5.63. The molecule has 0 bridgehead atoms. The maximum Gasteiger partial charge on any atom is 0.632 e. The first kappa shape index (κ1) is 15.3. The van der Waals surface area contributed by atoms with Crippen LogP contribution in [0.3, 0.4) is 0 Å². The van der Waals surface area contributed by atoms with Crippen molar-refractivity contribution in [3.8, 4) is 0 Å². The van der Waals surface area contributed by atoms with Gasteiger partial charge in [0.2, 0.25) is 5.91 Å². The number of carbonyl (C=O) groups excluding carboxylic acids is 1. The molecule has 0 spiro atoms. The lowest BCUT2D eigenvalue weighted by molar-refractivity contribution is 0.0696. The quantitative estimate of drug-likeness (QED) is 0.739. The standard InChI is InChI=1S/C11H15NO6Si/c1-16-19(17-2,18-3)12-10(13)8-5-4-6-9(7-8)11(14)15/h4-7H,1-3H3,(H,12,13)(H,14,15). The Morgan fingerprint density at radius 2 is 1.63 bits per heavy atom. The van der Waals surface area contributed by atoms with Crippen molar-refractivity contribution in [1.29, 1.82) is 0 Å².